The fraction of sp³-hybridized carbons (Fsp3) is 0.176. The van der Waals surface area contributed by atoms with E-state index in [0.29, 0.717) is 0 Å². The van der Waals surface area contributed by atoms with E-state index in [0.717, 1.165) is 30.5 Å². The highest BCUT2D eigenvalue weighted by atomic mass is 16.3. The molecule has 0 spiro atoms. The molecule has 0 atom stereocenters. The lowest BCUT2D eigenvalue weighted by molar-refractivity contribution is 0.616. The third-order valence-electron chi connectivity index (χ3n) is 3.88. The Kier molecular flexibility index (Phi) is 2.42. The van der Waals surface area contributed by atoms with E-state index < -0.39 is 0 Å². The fourth-order valence-electron chi connectivity index (χ4n) is 2.80. The van der Waals surface area contributed by atoms with E-state index in [4.69, 9.17) is 4.42 Å². The van der Waals surface area contributed by atoms with Crippen LogP contribution < -0.4 is 5.32 Å². The Morgan fingerprint density at radius 1 is 0.895 bits per heavy atom. The molecule has 2 heterocycles. The van der Waals surface area contributed by atoms with Crippen LogP contribution in [0.4, 0.5) is 0 Å². The number of hydrogen-bond donors (Lipinski definition) is 1. The van der Waals surface area contributed by atoms with Gasteiger partial charge in [-0.2, -0.15) is 0 Å². The zero-order valence-electron chi connectivity index (χ0n) is 10.6. The van der Waals surface area contributed by atoms with Crippen LogP contribution in [0.15, 0.2) is 53.1 Å². The first-order valence-corrected chi connectivity index (χ1v) is 6.70. The minimum absolute atomic E-state index is 0.950. The minimum Gasteiger partial charge on any atom is -0.464 e. The van der Waals surface area contributed by atoms with Crippen molar-refractivity contribution in [3.05, 3.63) is 59.9 Å². The summed E-state index contributed by atoms with van der Waals surface area (Å²) < 4.78 is 5.39. The van der Waals surface area contributed by atoms with Gasteiger partial charge in [-0.15, -0.1) is 0 Å². The van der Waals surface area contributed by atoms with Crippen molar-refractivity contribution in [2.75, 3.05) is 6.54 Å². The van der Waals surface area contributed by atoms with E-state index in [1.165, 1.54) is 22.3 Å². The van der Waals surface area contributed by atoms with Crippen molar-refractivity contribution in [1.82, 2.24) is 5.32 Å². The van der Waals surface area contributed by atoms with Gasteiger partial charge in [0.15, 0.2) is 0 Å². The van der Waals surface area contributed by atoms with Gasteiger partial charge in [0, 0.05) is 11.9 Å². The Hall–Kier alpha value is -2.06. The molecule has 2 aromatic carbocycles. The first-order chi connectivity index (χ1) is 9.40. The highest BCUT2D eigenvalue weighted by Gasteiger charge is 2.10. The number of furan rings is 1. The Labute approximate surface area is 112 Å². The summed E-state index contributed by atoms with van der Waals surface area (Å²) in [5.41, 5.74) is 6.41. The van der Waals surface area contributed by atoms with Crippen LogP contribution in [0.1, 0.15) is 11.1 Å². The summed E-state index contributed by atoms with van der Waals surface area (Å²) >= 11 is 0. The molecule has 1 aromatic heterocycles. The maximum Gasteiger partial charge on any atom is 0.133 e. The lowest BCUT2D eigenvalue weighted by atomic mass is 9.95. The van der Waals surface area contributed by atoms with E-state index >= 15 is 0 Å². The third-order valence-corrected chi connectivity index (χ3v) is 3.88. The lowest BCUT2D eigenvalue weighted by Gasteiger charge is -2.18. The van der Waals surface area contributed by atoms with Gasteiger partial charge in [-0.3, -0.25) is 0 Å². The van der Waals surface area contributed by atoms with Crippen LogP contribution in [0.3, 0.4) is 0 Å². The van der Waals surface area contributed by atoms with Crippen molar-refractivity contribution in [2.45, 2.75) is 13.0 Å². The number of nitrogens with one attached hydrogen (secondary N) is 1. The van der Waals surface area contributed by atoms with E-state index in [-0.39, 0.29) is 0 Å². The molecule has 0 radical (unpaired) electrons. The summed E-state index contributed by atoms with van der Waals surface area (Å²) in [6.45, 7) is 2.08. The minimum atomic E-state index is 0.950. The number of hydrogen-bond acceptors (Lipinski definition) is 2. The standard InChI is InChI=1S/C17H15NO/c1-2-16-11-18-7-5-14(16)9-12(1)13-3-4-17-15(10-13)6-8-19-17/h1-4,6,8-10,18H,5,7,11H2. The van der Waals surface area contributed by atoms with Gasteiger partial charge in [0.05, 0.1) is 6.26 Å². The summed E-state index contributed by atoms with van der Waals surface area (Å²) in [7, 11) is 0. The van der Waals surface area contributed by atoms with Gasteiger partial charge in [0.1, 0.15) is 5.58 Å². The van der Waals surface area contributed by atoms with Crippen molar-refractivity contribution >= 4 is 11.0 Å². The molecule has 1 aliphatic heterocycles. The second-order valence-electron chi connectivity index (χ2n) is 5.08. The number of benzene rings is 2. The van der Waals surface area contributed by atoms with Crippen LogP contribution in [0, 0.1) is 0 Å². The largest absolute Gasteiger partial charge is 0.464 e. The molecule has 2 heteroatoms. The molecule has 4 rings (SSSR count). The molecular weight excluding hydrogens is 234 g/mol. The number of fused-ring (bicyclic) bond motifs is 2. The maximum absolute atomic E-state index is 5.39. The quantitative estimate of drug-likeness (QED) is 0.710. The van der Waals surface area contributed by atoms with E-state index in [9.17, 15) is 0 Å². The van der Waals surface area contributed by atoms with Crippen molar-refractivity contribution in [1.29, 1.82) is 0 Å². The summed E-state index contributed by atoms with van der Waals surface area (Å²) in [5, 5.41) is 4.57. The van der Waals surface area contributed by atoms with E-state index in [1.807, 2.05) is 12.1 Å². The molecule has 0 amide bonds. The third kappa shape index (κ3) is 1.85. The van der Waals surface area contributed by atoms with Gasteiger partial charge >= 0.3 is 0 Å². The topological polar surface area (TPSA) is 25.2 Å². The average molecular weight is 249 g/mol. The molecule has 0 saturated heterocycles. The maximum atomic E-state index is 5.39. The van der Waals surface area contributed by atoms with E-state index in [1.54, 1.807) is 6.26 Å². The van der Waals surface area contributed by atoms with Gasteiger partial charge in [-0.1, -0.05) is 24.3 Å². The highest BCUT2D eigenvalue weighted by molar-refractivity contribution is 5.83. The second kappa shape index (κ2) is 4.25. The van der Waals surface area contributed by atoms with Crippen LogP contribution >= 0.6 is 0 Å². The van der Waals surface area contributed by atoms with Gasteiger partial charge in [0.25, 0.3) is 0 Å². The number of rotatable bonds is 1. The Morgan fingerprint density at radius 2 is 1.79 bits per heavy atom. The summed E-state index contributed by atoms with van der Waals surface area (Å²) in [4.78, 5) is 0. The molecule has 0 saturated carbocycles. The second-order valence-corrected chi connectivity index (χ2v) is 5.08. The molecule has 0 bridgehead atoms. The molecule has 19 heavy (non-hydrogen) atoms. The van der Waals surface area contributed by atoms with Crippen LogP contribution in [-0.4, -0.2) is 6.54 Å². The normalized spacial score (nSPS) is 14.5. The summed E-state index contributed by atoms with van der Waals surface area (Å²) in [6, 6.07) is 15.2. The van der Waals surface area contributed by atoms with Crippen LogP contribution in [-0.2, 0) is 13.0 Å². The Bertz CT molecular complexity index is 742. The molecular formula is C17H15NO. The van der Waals surface area contributed by atoms with Gasteiger partial charge in [0.2, 0.25) is 0 Å². The zero-order chi connectivity index (χ0) is 12.7. The average Bonchev–Trinajstić information content (AvgIpc) is 2.94. The van der Waals surface area contributed by atoms with Crippen molar-refractivity contribution in [3.63, 3.8) is 0 Å². The van der Waals surface area contributed by atoms with Gasteiger partial charge in [-0.05, 0) is 53.4 Å². The fourth-order valence-corrected chi connectivity index (χ4v) is 2.80. The van der Waals surface area contributed by atoms with Crippen LogP contribution in [0.25, 0.3) is 22.1 Å². The first-order valence-electron chi connectivity index (χ1n) is 6.70. The molecule has 1 aliphatic rings. The molecule has 2 nitrogen and oxygen atoms in total. The SMILES string of the molecule is c1cc2cc(-c3ccc4c(c3)CCNC4)ccc2o1. The van der Waals surface area contributed by atoms with Crippen LogP contribution in [0.5, 0.6) is 0 Å². The van der Waals surface area contributed by atoms with Gasteiger partial charge in [-0.25, -0.2) is 0 Å². The summed E-state index contributed by atoms with van der Waals surface area (Å²) in [6.07, 6.45) is 2.87. The van der Waals surface area contributed by atoms with Gasteiger partial charge < -0.3 is 9.73 Å². The van der Waals surface area contributed by atoms with E-state index in [2.05, 4.69) is 35.6 Å². The molecule has 1 N–H and O–H groups in total. The molecule has 3 aromatic rings. The first kappa shape index (κ1) is 10.8. The monoisotopic (exact) mass is 249 g/mol. The van der Waals surface area contributed by atoms with Crippen molar-refractivity contribution in [2.24, 2.45) is 0 Å². The smallest absolute Gasteiger partial charge is 0.133 e. The lowest BCUT2D eigenvalue weighted by Crippen LogP contribution is -2.23. The van der Waals surface area contributed by atoms with Crippen molar-refractivity contribution < 1.29 is 4.42 Å². The molecule has 94 valence electrons. The predicted molar refractivity (Wildman–Crippen MR) is 77.1 cm³/mol. The summed E-state index contributed by atoms with van der Waals surface area (Å²) in [5.74, 6) is 0. The molecule has 0 fully saturated rings. The van der Waals surface area contributed by atoms with Crippen LogP contribution in [0.2, 0.25) is 0 Å². The Morgan fingerprint density at radius 3 is 2.79 bits per heavy atom. The Balaban J connectivity index is 1.82. The molecule has 0 aliphatic carbocycles. The highest BCUT2D eigenvalue weighted by Crippen LogP contribution is 2.27. The zero-order valence-corrected chi connectivity index (χ0v) is 10.6. The molecule has 0 unspecified atom stereocenters. The van der Waals surface area contributed by atoms with Crippen molar-refractivity contribution in [3.8, 4) is 11.1 Å². The predicted octanol–water partition coefficient (Wildman–Crippen LogP) is 3.75.